The predicted molar refractivity (Wildman–Crippen MR) is 72.9 cm³/mol. The Kier molecular flexibility index (Phi) is 5.45. The molecule has 1 aliphatic carbocycles. The molecular formula is C13H27NO2S. The first-order valence-corrected chi connectivity index (χ1v) is 8.52. The summed E-state index contributed by atoms with van der Waals surface area (Å²) in [5, 5.41) is 3.03. The van der Waals surface area contributed by atoms with Crippen molar-refractivity contribution in [2.24, 2.45) is 11.8 Å². The average Bonchev–Trinajstić information content (AvgIpc) is 2.28. The van der Waals surface area contributed by atoms with Crippen LogP contribution >= 0.6 is 0 Å². The van der Waals surface area contributed by atoms with Crippen molar-refractivity contribution >= 4 is 9.84 Å². The molecule has 0 bridgehead atoms. The Bertz CT molecular complexity index is 324. The van der Waals surface area contributed by atoms with Crippen molar-refractivity contribution in [2.75, 3.05) is 12.8 Å². The standard InChI is InChI=1S/C13H27NO2S/c1-5-8-17(15,16)13-9-11(10(2)3)6-7-12(13)14-4/h10-14H,5-9H2,1-4H3. The summed E-state index contributed by atoms with van der Waals surface area (Å²) in [6.45, 7) is 6.34. The van der Waals surface area contributed by atoms with E-state index in [1.807, 2.05) is 14.0 Å². The van der Waals surface area contributed by atoms with E-state index in [1.54, 1.807) is 0 Å². The summed E-state index contributed by atoms with van der Waals surface area (Å²) in [7, 11) is -1.04. The fourth-order valence-corrected chi connectivity index (χ4v) is 5.11. The number of nitrogens with one attached hydrogen (secondary N) is 1. The summed E-state index contributed by atoms with van der Waals surface area (Å²) < 4.78 is 24.6. The quantitative estimate of drug-likeness (QED) is 0.825. The fraction of sp³-hybridized carbons (Fsp3) is 1.00. The van der Waals surface area contributed by atoms with Gasteiger partial charge < -0.3 is 5.32 Å². The van der Waals surface area contributed by atoms with Gasteiger partial charge in [-0.1, -0.05) is 20.8 Å². The molecule has 1 aliphatic rings. The highest BCUT2D eigenvalue weighted by atomic mass is 32.2. The smallest absolute Gasteiger partial charge is 0.154 e. The van der Waals surface area contributed by atoms with E-state index in [0.717, 1.165) is 25.7 Å². The highest BCUT2D eigenvalue weighted by Gasteiger charge is 2.38. The second-order valence-corrected chi connectivity index (χ2v) is 7.96. The topological polar surface area (TPSA) is 46.2 Å². The van der Waals surface area contributed by atoms with Gasteiger partial charge in [0, 0.05) is 6.04 Å². The summed E-state index contributed by atoms with van der Waals surface area (Å²) >= 11 is 0. The Labute approximate surface area is 106 Å². The maximum absolute atomic E-state index is 12.3. The lowest BCUT2D eigenvalue weighted by atomic mass is 9.79. The van der Waals surface area contributed by atoms with Crippen molar-refractivity contribution in [2.45, 2.75) is 57.7 Å². The van der Waals surface area contributed by atoms with Gasteiger partial charge >= 0.3 is 0 Å². The first-order valence-electron chi connectivity index (χ1n) is 6.81. The van der Waals surface area contributed by atoms with Gasteiger partial charge in [-0.2, -0.15) is 0 Å². The summed E-state index contributed by atoms with van der Waals surface area (Å²) in [5.74, 6) is 1.49. The van der Waals surface area contributed by atoms with Crippen molar-refractivity contribution < 1.29 is 8.42 Å². The molecule has 1 rings (SSSR count). The van der Waals surface area contributed by atoms with Crippen molar-refractivity contribution in [3.63, 3.8) is 0 Å². The van der Waals surface area contributed by atoms with Crippen molar-refractivity contribution in [1.29, 1.82) is 0 Å². The van der Waals surface area contributed by atoms with Crippen LogP contribution < -0.4 is 5.32 Å². The minimum absolute atomic E-state index is 0.154. The molecule has 1 fully saturated rings. The third-order valence-electron chi connectivity index (χ3n) is 4.10. The van der Waals surface area contributed by atoms with E-state index < -0.39 is 9.84 Å². The molecule has 1 N–H and O–H groups in total. The zero-order chi connectivity index (χ0) is 13.1. The molecule has 0 aliphatic heterocycles. The Balaban J connectivity index is 2.83. The molecule has 0 saturated heterocycles. The highest BCUT2D eigenvalue weighted by molar-refractivity contribution is 7.92. The van der Waals surface area contributed by atoms with Crippen LogP contribution in [0.2, 0.25) is 0 Å². The maximum Gasteiger partial charge on any atom is 0.154 e. The molecule has 0 heterocycles. The Morgan fingerprint density at radius 1 is 1.29 bits per heavy atom. The molecule has 4 heteroatoms. The summed E-state index contributed by atoms with van der Waals surface area (Å²) in [6.07, 6.45) is 3.71. The minimum atomic E-state index is -2.92. The van der Waals surface area contributed by atoms with E-state index in [0.29, 0.717) is 17.6 Å². The second kappa shape index (κ2) is 6.19. The highest BCUT2D eigenvalue weighted by Crippen LogP contribution is 2.33. The van der Waals surface area contributed by atoms with E-state index in [4.69, 9.17) is 0 Å². The van der Waals surface area contributed by atoms with E-state index in [9.17, 15) is 8.42 Å². The summed E-state index contributed by atoms with van der Waals surface area (Å²) in [6, 6.07) is 0.154. The van der Waals surface area contributed by atoms with Crippen LogP contribution in [0.15, 0.2) is 0 Å². The molecule has 0 aromatic heterocycles. The Morgan fingerprint density at radius 2 is 1.94 bits per heavy atom. The van der Waals surface area contributed by atoms with Gasteiger partial charge in [0.05, 0.1) is 11.0 Å². The molecule has 1 saturated carbocycles. The Morgan fingerprint density at radius 3 is 2.41 bits per heavy atom. The first-order chi connectivity index (χ1) is 7.92. The number of hydrogen-bond acceptors (Lipinski definition) is 3. The minimum Gasteiger partial charge on any atom is -0.316 e. The molecule has 0 radical (unpaired) electrons. The van der Waals surface area contributed by atoms with Gasteiger partial charge in [-0.3, -0.25) is 0 Å². The largest absolute Gasteiger partial charge is 0.316 e. The predicted octanol–water partition coefficient (Wildman–Crippen LogP) is 2.22. The fourth-order valence-electron chi connectivity index (χ4n) is 2.93. The lowest BCUT2D eigenvalue weighted by Crippen LogP contribution is -2.48. The van der Waals surface area contributed by atoms with Gasteiger partial charge in [-0.05, 0) is 44.6 Å². The third kappa shape index (κ3) is 3.68. The van der Waals surface area contributed by atoms with Crippen LogP contribution in [-0.2, 0) is 9.84 Å². The monoisotopic (exact) mass is 261 g/mol. The van der Waals surface area contributed by atoms with Crippen LogP contribution in [0.25, 0.3) is 0 Å². The third-order valence-corrected chi connectivity index (χ3v) is 6.52. The van der Waals surface area contributed by atoms with Gasteiger partial charge in [-0.15, -0.1) is 0 Å². The SMILES string of the molecule is CCCS(=O)(=O)C1CC(C(C)C)CCC1NC. The molecule has 102 valence electrons. The average molecular weight is 261 g/mol. The van der Waals surface area contributed by atoms with Crippen molar-refractivity contribution in [1.82, 2.24) is 5.32 Å². The van der Waals surface area contributed by atoms with Gasteiger partial charge in [0.25, 0.3) is 0 Å². The lowest BCUT2D eigenvalue weighted by molar-refractivity contribution is 0.246. The van der Waals surface area contributed by atoms with E-state index >= 15 is 0 Å². The second-order valence-electron chi connectivity index (χ2n) is 5.62. The van der Waals surface area contributed by atoms with Crippen LogP contribution in [-0.4, -0.2) is 32.5 Å². The van der Waals surface area contributed by atoms with Gasteiger partial charge in [-0.25, -0.2) is 8.42 Å². The van der Waals surface area contributed by atoms with Crippen LogP contribution in [0, 0.1) is 11.8 Å². The van der Waals surface area contributed by atoms with Crippen LogP contribution in [0.3, 0.4) is 0 Å². The lowest BCUT2D eigenvalue weighted by Gasteiger charge is -2.37. The maximum atomic E-state index is 12.3. The molecular weight excluding hydrogens is 234 g/mol. The van der Waals surface area contributed by atoms with Crippen molar-refractivity contribution in [3.8, 4) is 0 Å². The molecule has 3 atom stereocenters. The van der Waals surface area contributed by atoms with Gasteiger partial charge in [0.1, 0.15) is 0 Å². The number of sulfone groups is 1. The van der Waals surface area contributed by atoms with E-state index in [2.05, 4.69) is 19.2 Å². The zero-order valence-corrected chi connectivity index (χ0v) is 12.4. The zero-order valence-electron chi connectivity index (χ0n) is 11.6. The van der Waals surface area contributed by atoms with Crippen molar-refractivity contribution in [3.05, 3.63) is 0 Å². The van der Waals surface area contributed by atoms with E-state index in [-0.39, 0.29) is 11.3 Å². The molecule has 0 aromatic carbocycles. The normalized spacial score (nSPS) is 30.8. The van der Waals surface area contributed by atoms with E-state index in [1.165, 1.54) is 0 Å². The first kappa shape index (κ1) is 15.0. The summed E-state index contributed by atoms with van der Waals surface area (Å²) in [4.78, 5) is 0. The van der Waals surface area contributed by atoms with Crippen LogP contribution in [0.1, 0.15) is 46.5 Å². The number of hydrogen-bond donors (Lipinski definition) is 1. The molecule has 0 amide bonds. The van der Waals surface area contributed by atoms with Gasteiger partial charge in [0.2, 0.25) is 0 Å². The summed E-state index contributed by atoms with van der Waals surface area (Å²) in [5.41, 5.74) is 0. The molecule has 0 spiro atoms. The molecule has 17 heavy (non-hydrogen) atoms. The molecule has 3 nitrogen and oxygen atoms in total. The Hall–Kier alpha value is -0.0900. The van der Waals surface area contributed by atoms with Crippen LogP contribution in [0.5, 0.6) is 0 Å². The van der Waals surface area contributed by atoms with Gasteiger partial charge in [0.15, 0.2) is 9.84 Å². The molecule has 3 unspecified atom stereocenters. The molecule has 0 aromatic rings. The van der Waals surface area contributed by atoms with Crippen LogP contribution in [0.4, 0.5) is 0 Å². The number of rotatable bonds is 5.